The number of carbonyl (C=O) groups excluding carboxylic acids is 2. The first kappa shape index (κ1) is 26.6. The third-order valence-corrected chi connectivity index (χ3v) is 8.84. The largest absolute Gasteiger partial charge is 0.487 e. The number of rotatable bonds is 7. The molecule has 2 unspecified atom stereocenters. The first-order valence-electron chi connectivity index (χ1n) is 13.9. The highest BCUT2D eigenvalue weighted by atomic mass is 35.5. The first-order chi connectivity index (χ1) is 19.4. The van der Waals surface area contributed by atoms with Crippen molar-refractivity contribution in [3.8, 4) is 5.75 Å². The minimum atomic E-state index is -0.921. The zero-order valence-corrected chi connectivity index (χ0v) is 22.9. The minimum Gasteiger partial charge on any atom is -0.487 e. The molecular formula is C29H32ClN5O5. The molecule has 2 aromatic heterocycles. The molecule has 11 heteroatoms. The molecule has 210 valence electrons. The Morgan fingerprint density at radius 3 is 2.67 bits per heavy atom. The quantitative estimate of drug-likeness (QED) is 0.461. The van der Waals surface area contributed by atoms with Gasteiger partial charge in [-0.1, -0.05) is 24.4 Å². The number of carboxylic acid groups (broad SMARTS) is 1. The van der Waals surface area contributed by atoms with Gasteiger partial charge in [-0.05, 0) is 49.4 Å². The Balaban J connectivity index is 1.35. The fraction of sp³-hybridized carbons (Fsp3) is 0.483. The molecule has 3 aromatic rings. The van der Waals surface area contributed by atoms with E-state index in [0.717, 1.165) is 30.4 Å². The molecule has 3 aliphatic rings. The Bertz CT molecular complexity index is 1420. The number of carboxylic acids is 1. The molecule has 1 aliphatic carbocycles. The molecule has 0 bridgehead atoms. The highest BCUT2D eigenvalue weighted by Gasteiger charge is 2.43. The highest BCUT2D eigenvalue weighted by Crippen LogP contribution is 2.43. The van der Waals surface area contributed by atoms with Gasteiger partial charge in [0.1, 0.15) is 12.4 Å². The van der Waals surface area contributed by atoms with Crippen LogP contribution >= 0.6 is 11.6 Å². The van der Waals surface area contributed by atoms with Crippen molar-refractivity contribution in [2.75, 3.05) is 19.6 Å². The highest BCUT2D eigenvalue weighted by molar-refractivity contribution is 6.31. The van der Waals surface area contributed by atoms with Crippen molar-refractivity contribution >= 4 is 35.2 Å². The van der Waals surface area contributed by atoms with Gasteiger partial charge in [0.05, 0.1) is 23.6 Å². The van der Waals surface area contributed by atoms with E-state index in [-0.39, 0.29) is 18.4 Å². The lowest BCUT2D eigenvalue weighted by Gasteiger charge is -2.43. The van der Waals surface area contributed by atoms with Crippen molar-refractivity contribution in [1.82, 2.24) is 24.2 Å². The molecular weight excluding hydrogens is 534 g/mol. The molecule has 40 heavy (non-hydrogen) atoms. The average molecular weight is 566 g/mol. The number of halogens is 1. The number of amides is 2. The SMILES string of the molecule is O=C(O)C1CCCCC1C(=O)N1CCc2c(Cl)ccc(OCc3cn4cccnc4n3)c2[C@H]1CN1CCCC1=O. The first-order valence-corrected chi connectivity index (χ1v) is 14.3. The van der Waals surface area contributed by atoms with Gasteiger partial charge in [0.2, 0.25) is 17.6 Å². The number of imidazole rings is 1. The molecule has 10 nitrogen and oxygen atoms in total. The summed E-state index contributed by atoms with van der Waals surface area (Å²) in [5.41, 5.74) is 2.38. The van der Waals surface area contributed by atoms with E-state index in [9.17, 15) is 19.5 Å². The van der Waals surface area contributed by atoms with Gasteiger partial charge in [-0.25, -0.2) is 9.97 Å². The van der Waals surface area contributed by atoms with Crippen LogP contribution in [0.5, 0.6) is 5.75 Å². The van der Waals surface area contributed by atoms with Crippen molar-refractivity contribution in [3.63, 3.8) is 0 Å². The minimum absolute atomic E-state index is 0.0577. The Morgan fingerprint density at radius 1 is 1.10 bits per heavy atom. The second kappa shape index (κ2) is 11.1. The van der Waals surface area contributed by atoms with Gasteiger partial charge in [0.25, 0.3) is 0 Å². The van der Waals surface area contributed by atoms with Crippen LogP contribution in [0.25, 0.3) is 5.78 Å². The monoisotopic (exact) mass is 565 g/mol. The molecule has 4 heterocycles. The maximum absolute atomic E-state index is 14.1. The van der Waals surface area contributed by atoms with Crippen molar-refractivity contribution in [1.29, 1.82) is 0 Å². The van der Waals surface area contributed by atoms with E-state index in [1.807, 2.05) is 28.9 Å². The number of hydrogen-bond donors (Lipinski definition) is 1. The lowest BCUT2D eigenvalue weighted by atomic mass is 9.77. The molecule has 2 fully saturated rings. The summed E-state index contributed by atoms with van der Waals surface area (Å²) in [5, 5.41) is 10.5. The van der Waals surface area contributed by atoms with E-state index in [0.29, 0.717) is 67.6 Å². The van der Waals surface area contributed by atoms with Crippen LogP contribution in [0.1, 0.15) is 61.4 Å². The van der Waals surface area contributed by atoms with E-state index < -0.39 is 23.8 Å². The van der Waals surface area contributed by atoms with Crippen molar-refractivity contribution in [3.05, 3.63) is 58.6 Å². The Labute approximate surface area is 236 Å². The van der Waals surface area contributed by atoms with E-state index in [1.165, 1.54) is 0 Å². The van der Waals surface area contributed by atoms with Crippen molar-refractivity contribution in [2.45, 2.75) is 57.6 Å². The molecule has 3 atom stereocenters. The maximum Gasteiger partial charge on any atom is 0.307 e. The van der Waals surface area contributed by atoms with E-state index in [2.05, 4.69) is 9.97 Å². The third kappa shape index (κ3) is 5.00. The summed E-state index contributed by atoms with van der Waals surface area (Å²) in [7, 11) is 0. The number of aromatic nitrogens is 3. The van der Waals surface area contributed by atoms with E-state index in [1.54, 1.807) is 22.1 Å². The number of carbonyl (C=O) groups is 3. The fourth-order valence-electron chi connectivity index (χ4n) is 6.50. The van der Waals surface area contributed by atoms with E-state index in [4.69, 9.17) is 16.3 Å². The smallest absolute Gasteiger partial charge is 0.307 e. The molecule has 6 rings (SSSR count). The molecule has 0 spiro atoms. The number of fused-ring (bicyclic) bond motifs is 2. The molecule has 1 N–H and O–H groups in total. The van der Waals surface area contributed by atoms with Gasteiger partial charge < -0.3 is 19.6 Å². The molecule has 0 radical (unpaired) electrons. The zero-order valence-electron chi connectivity index (χ0n) is 22.2. The summed E-state index contributed by atoms with van der Waals surface area (Å²) in [6, 6.07) is 4.94. The number of nitrogens with zero attached hydrogens (tertiary/aromatic N) is 5. The van der Waals surface area contributed by atoms with Gasteiger partial charge in [-0.2, -0.15) is 0 Å². The van der Waals surface area contributed by atoms with Gasteiger partial charge in [0, 0.05) is 55.2 Å². The van der Waals surface area contributed by atoms with Crippen LogP contribution in [0.15, 0.2) is 36.8 Å². The molecule has 1 saturated heterocycles. The maximum atomic E-state index is 14.1. The number of likely N-dealkylation sites (tertiary alicyclic amines) is 1. The summed E-state index contributed by atoms with van der Waals surface area (Å²) in [6.45, 7) is 1.53. The van der Waals surface area contributed by atoms with Crippen LogP contribution in [0.4, 0.5) is 0 Å². The summed E-state index contributed by atoms with van der Waals surface area (Å²) in [6.07, 6.45) is 9.87. The third-order valence-electron chi connectivity index (χ3n) is 8.48. The van der Waals surface area contributed by atoms with Gasteiger partial charge >= 0.3 is 5.97 Å². The normalized spacial score (nSPS) is 22.9. The van der Waals surface area contributed by atoms with Gasteiger partial charge in [0.15, 0.2) is 0 Å². The van der Waals surface area contributed by atoms with Crippen molar-refractivity contribution < 1.29 is 24.2 Å². The summed E-state index contributed by atoms with van der Waals surface area (Å²) in [4.78, 5) is 51.2. The predicted octanol–water partition coefficient (Wildman–Crippen LogP) is 3.90. The molecule has 1 aromatic carbocycles. The average Bonchev–Trinajstić information content (AvgIpc) is 3.57. The van der Waals surface area contributed by atoms with Crippen LogP contribution in [0.2, 0.25) is 5.02 Å². The van der Waals surface area contributed by atoms with Crippen LogP contribution in [-0.4, -0.2) is 66.7 Å². The lowest BCUT2D eigenvalue weighted by Crippen LogP contribution is -2.50. The Hall–Kier alpha value is -3.66. The number of ether oxygens (including phenoxy) is 1. The summed E-state index contributed by atoms with van der Waals surface area (Å²) in [5.74, 6) is -1.15. The van der Waals surface area contributed by atoms with Crippen LogP contribution in [0, 0.1) is 11.8 Å². The second-order valence-electron chi connectivity index (χ2n) is 10.9. The van der Waals surface area contributed by atoms with Crippen LogP contribution in [-0.2, 0) is 27.4 Å². The number of aliphatic carboxylic acids is 1. The number of hydrogen-bond acceptors (Lipinski definition) is 6. The zero-order chi connectivity index (χ0) is 27.8. The number of benzene rings is 1. The molecule has 1 saturated carbocycles. The molecule has 2 aliphatic heterocycles. The standard InChI is InChI=1S/C29H32ClN5O5/c30-22-8-9-24(40-17-18-15-34-13-4-11-31-29(34)32-18)26-21(22)10-14-35(23(26)16-33-12-3-7-25(33)36)27(37)19-5-1-2-6-20(19)28(38)39/h4,8-9,11,13,15,19-20,23H,1-3,5-7,10,12,14,16-17H2,(H,38,39)/t19?,20?,23-/m1/s1. The predicted molar refractivity (Wildman–Crippen MR) is 146 cm³/mol. The fourth-order valence-corrected chi connectivity index (χ4v) is 6.76. The van der Waals surface area contributed by atoms with Gasteiger partial charge in [-0.3, -0.25) is 18.8 Å². The van der Waals surface area contributed by atoms with E-state index >= 15 is 0 Å². The van der Waals surface area contributed by atoms with Crippen LogP contribution in [0.3, 0.4) is 0 Å². The summed E-state index contributed by atoms with van der Waals surface area (Å²) >= 11 is 6.69. The Kier molecular flexibility index (Phi) is 7.35. The Morgan fingerprint density at radius 2 is 1.93 bits per heavy atom. The second-order valence-corrected chi connectivity index (χ2v) is 11.3. The van der Waals surface area contributed by atoms with Crippen molar-refractivity contribution in [2.24, 2.45) is 11.8 Å². The molecule has 2 amide bonds. The summed E-state index contributed by atoms with van der Waals surface area (Å²) < 4.78 is 8.15. The van der Waals surface area contributed by atoms with Gasteiger partial charge in [-0.15, -0.1) is 0 Å². The van der Waals surface area contributed by atoms with Crippen LogP contribution < -0.4 is 4.74 Å². The lowest BCUT2D eigenvalue weighted by molar-refractivity contribution is -0.154. The topological polar surface area (TPSA) is 117 Å².